The van der Waals surface area contributed by atoms with Crippen molar-refractivity contribution in [3.05, 3.63) is 65.2 Å². The Balaban J connectivity index is 1.83. The van der Waals surface area contributed by atoms with Gasteiger partial charge in [0.1, 0.15) is 5.60 Å². The number of benzene rings is 2. The fourth-order valence-electron chi connectivity index (χ4n) is 3.94. The third kappa shape index (κ3) is 6.03. The van der Waals surface area contributed by atoms with Gasteiger partial charge < -0.3 is 14.7 Å². The number of hydrogen-bond acceptors (Lipinski definition) is 3. The first-order valence-electron chi connectivity index (χ1n) is 11.3. The van der Waals surface area contributed by atoms with Crippen molar-refractivity contribution in [3.8, 4) is 11.1 Å². The number of piperidine rings is 1. The number of halogens is 6. The first kappa shape index (κ1) is 27.6. The van der Waals surface area contributed by atoms with Gasteiger partial charge in [-0.1, -0.05) is 54.1 Å². The number of nitrogens with zero attached hydrogens (tertiary/aromatic N) is 1. The lowest BCUT2D eigenvalue weighted by Gasteiger charge is -2.32. The van der Waals surface area contributed by atoms with Crippen molar-refractivity contribution >= 4 is 12.2 Å². The van der Waals surface area contributed by atoms with Crippen LogP contribution in [-0.2, 0) is 10.3 Å². The molecule has 0 atom stereocenters. The van der Waals surface area contributed by atoms with Gasteiger partial charge in [-0.15, -0.1) is 0 Å². The Hall–Kier alpha value is -3.01. The number of likely N-dealkylation sites (tertiary alicyclic amines) is 1. The number of carbonyl (C=O) groups is 1. The monoisotopic (exact) mass is 515 g/mol. The Morgan fingerprint density at radius 3 is 2.11 bits per heavy atom. The van der Waals surface area contributed by atoms with E-state index < -0.39 is 35.2 Å². The van der Waals surface area contributed by atoms with Gasteiger partial charge >= 0.3 is 18.4 Å². The van der Waals surface area contributed by atoms with Gasteiger partial charge in [0.15, 0.2) is 0 Å². The molecule has 2 aromatic rings. The highest BCUT2D eigenvalue weighted by molar-refractivity contribution is 5.71. The van der Waals surface area contributed by atoms with Crippen LogP contribution in [-0.4, -0.2) is 47.1 Å². The second-order valence-corrected chi connectivity index (χ2v) is 9.72. The highest BCUT2D eigenvalue weighted by atomic mass is 19.4. The first-order valence-corrected chi connectivity index (χ1v) is 11.3. The molecule has 10 heteroatoms. The lowest BCUT2D eigenvalue weighted by Crippen LogP contribution is -2.53. The molecule has 1 aliphatic rings. The molecule has 1 saturated heterocycles. The average molecular weight is 515 g/mol. The van der Waals surface area contributed by atoms with E-state index in [1.807, 2.05) is 12.1 Å². The number of hydrogen-bond donors (Lipinski definition) is 1. The smallest absolute Gasteiger partial charge is 0.430 e. The second kappa shape index (κ2) is 9.80. The van der Waals surface area contributed by atoms with E-state index in [1.54, 1.807) is 43.9 Å². The number of alkyl halides is 6. The van der Waals surface area contributed by atoms with Crippen LogP contribution in [0.3, 0.4) is 0 Å². The molecular weight excluding hydrogens is 488 g/mol. The minimum atomic E-state index is -5.94. The zero-order valence-corrected chi connectivity index (χ0v) is 20.0. The Bertz CT molecular complexity index is 1100. The average Bonchev–Trinajstić information content (AvgIpc) is 2.76. The predicted molar refractivity (Wildman–Crippen MR) is 123 cm³/mol. The number of ether oxygens (including phenoxy) is 1. The highest BCUT2D eigenvalue weighted by Crippen LogP contribution is 2.50. The molecule has 0 aliphatic carbocycles. The van der Waals surface area contributed by atoms with E-state index in [4.69, 9.17) is 4.74 Å². The van der Waals surface area contributed by atoms with Gasteiger partial charge in [0.05, 0.1) is 0 Å². The summed E-state index contributed by atoms with van der Waals surface area (Å²) in [4.78, 5) is 14.0. The summed E-state index contributed by atoms with van der Waals surface area (Å²) in [6.45, 7) is 6.32. The van der Waals surface area contributed by atoms with Gasteiger partial charge in [-0.2, -0.15) is 26.3 Å². The molecule has 1 amide bonds. The third-order valence-corrected chi connectivity index (χ3v) is 5.69. The molecule has 1 aliphatic heterocycles. The molecule has 1 fully saturated rings. The van der Waals surface area contributed by atoms with Crippen molar-refractivity contribution in [1.82, 2.24) is 4.90 Å². The summed E-state index contributed by atoms with van der Waals surface area (Å²) in [5, 5.41) is 9.57. The standard InChI is InChI=1S/C26H27F6NO3/c1-23(2,3)36-22(34)33-13-5-7-18(16-33)14-17-6-4-8-20(15-17)19-9-11-21(12-10-19)24(35,25(27,28)29)26(30,31)32/h4,6,8-12,14-15,35H,5,7,13,16H2,1-3H3. The van der Waals surface area contributed by atoms with Crippen LogP contribution < -0.4 is 0 Å². The quantitative estimate of drug-likeness (QED) is 0.445. The van der Waals surface area contributed by atoms with E-state index in [0.29, 0.717) is 36.3 Å². The highest BCUT2D eigenvalue weighted by Gasteiger charge is 2.71. The molecule has 0 aromatic heterocycles. The van der Waals surface area contributed by atoms with Crippen LogP contribution in [0.5, 0.6) is 0 Å². The van der Waals surface area contributed by atoms with Crippen LogP contribution >= 0.6 is 0 Å². The van der Waals surface area contributed by atoms with Crippen molar-refractivity contribution in [1.29, 1.82) is 0 Å². The molecular formula is C26H27F6NO3. The van der Waals surface area contributed by atoms with Gasteiger partial charge in [-0.25, -0.2) is 4.79 Å². The zero-order chi connectivity index (χ0) is 26.9. The zero-order valence-electron chi connectivity index (χ0n) is 20.0. The van der Waals surface area contributed by atoms with E-state index in [0.717, 1.165) is 36.1 Å². The number of carbonyl (C=O) groups excluding carboxylic acids is 1. The summed E-state index contributed by atoms with van der Waals surface area (Å²) in [7, 11) is 0. The Kier molecular flexibility index (Phi) is 7.51. The van der Waals surface area contributed by atoms with Crippen LogP contribution in [0, 0.1) is 0 Å². The molecule has 0 radical (unpaired) electrons. The Morgan fingerprint density at radius 1 is 0.944 bits per heavy atom. The van der Waals surface area contributed by atoms with E-state index in [1.165, 1.54) is 0 Å². The van der Waals surface area contributed by atoms with E-state index in [9.17, 15) is 36.2 Å². The van der Waals surface area contributed by atoms with Crippen LogP contribution in [0.15, 0.2) is 54.1 Å². The predicted octanol–water partition coefficient (Wildman–Crippen LogP) is 7.08. The van der Waals surface area contributed by atoms with Crippen LogP contribution in [0.25, 0.3) is 17.2 Å². The van der Waals surface area contributed by atoms with Crippen molar-refractivity contribution in [2.75, 3.05) is 13.1 Å². The minimum Gasteiger partial charge on any atom is -0.444 e. The van der Waals surface area contributed by atoms with Crippen molar-refractivity contribution < 1.29 is 41.0 Å². The number of amides is 1. The summed E-state index contributed by atoms with van der Waals surface area (Å²) in [6, 6.07) is 10.4. The SMILES string of the molecule is CC(C)(C)OC(=O)N1CCCC(=Cc2cccc(-c3ccc(C(O)(C(F)(F)F)C(F)(F)F)cc3)c2)C1. The summed E-state index contributed by atoms with van der Waals surface area (Å²) >= 11 is 0. The van der Waals surface area contributed by atoms with Gasteiger partial charge in [-0.3, -0.25) is 0 Å². The van der Waals surface area contributed by atoms with E-state index in [2.05, 4.69) is 0 Å². The molecule has 196 valence electrons. The van der Waals surface area contributed by atoms with Gasteiger partial charge in [0.2, 0.25) is 0 Å². The molecule has 36 heavy (non-hydrogen) atoms. The fourth-order valence-corrected chi connectivity index (χ4v) is 3.94. The maximum atomic E-state index is 13.1. The second-order valence-electron chi connectivity index (χ2n) is 9.72. The molecule has 1 N–H and O–H groups in total. The largest absolute Gasteiger partial charge is 0.444 e. The number of rotatable bonds is 3. The summed E-state index contributed by atoms with van der Waals surface area (Å²) in [5.41, 5.74) is -4.19. The van der Waals surface area contributed by atoms with Crippen LogP contribution in [0.2, 0.25) is 0 Å². The van der Waals surface area contributed by atoms with Crippen LogP contribution in [0.4, 0.5) is 31.1 Å². The van der Waals surface area contributed by atoms with Crippen molar-refractivity contribution in [3.63, 3.8) is 0 Å². The molecule has 0 unspecified atom stereocenters. The van der Waals surface area contributed by atoms with Gasteiger partial charge in [-0.05, 0) is 56.4 Å². The molecule has 0 spiro atoms. The lowest BCUT2D eigenvalue weighted by atomic mass is 9.90. The van der Waals surface area contributed by atoms with Gasteiger partial charge in [0, 0.05) is 18.7 Å². The van der Waals surface area contributed by atoms with Gasteiger partial charge in [0.25, 0.3) is 5.60 Å². The van der Waals surface area contributed by atoms with E-state index in [-0.39, 0.29) is 0 Å². The number of aliphatic hydroxyl groups is 1. The third-order valence-electron chi connectivity index (χ3n) is 5.69. The molecule has 0 saturated carbocycles. The first-order chi connectivity index (χ1) is 16.5. The van der Waals surface area contributed by atoms with Crippen molar-refractivity contribution in [2.45, 2.75) is 57.2 Å². The van der Waals surface area contributed by atoms with E-state index >= 15 is 0 Å². The molecule has 3 rings (SSSR count). The molecule has 1 heterocycles. The molecule has 2 aromatic carbocycles. The minimum absolute atomic E-state index is 0.379. The normalized spacial score (nSPS) is 16.8. The Labute approximate surface area is 205 Å². The Morgan fingerprint density at radius 2 is 1.56 bits per heavy atom. The van der Waals surface area contributed by atoms with Crippen LogP contribution in [0.1, 0.15) is 44.7 Å². The lowest BCUT2D eigenvalue weighted by molar-refractivity contribution is -0.376. The summed E-state index contributed by atoms with van der Waals surface area (Å²) in [5.74, 6) is 0. The summed E-state index contributed by atoms with van der Waals surface area (Å²) < 4.78 is 84.2. The molecule has 0 bridgehead atoms. The summed E-state index contributed by atoms with van der Waals surface area (Å²) in [6.07, 6.45) is -8.85. The van der Waals surface area contributed by atoms with Crippen molar-refractivity contribution in [2.24, 2.45) is 0 Å². The maximum Gasteiger partial charge on any atom is 0.430 e. The maximum absolute atomic E-state index is 13.1. The molecule has 4 nitrogen and oxygen atoms in total. The fraction of sp³-hybridized carbons (Fsp3) is 0.423. The topological polar surface area (TPSA) is 49.8 Å².